The van der Waals surface area contributed by atoms with Crippen LogP contribution in [0.3, 0.4) is 0 Å². The van der Waals surface area contributed by atoms with Crippen molar-refractivity contribution in [1.29, 1.82) is 5.26 Å². The average Bonchev–Trinajstić information content (AvgIpc) is 2.99. The highest BCUT2D eigenvalue weighted by molar-refractivity contribution is 9.10. The van der Waals surface area contributed by atoms with Crippen molar-refractivity contribution in [3.63, 3.8) is 0 Å². The van der Waals surface area contributed by atoms with Crippen LogP contribution < -0.4 is 0 Å². The van der Waals surface area contributed by atoms with Gasteiger partial charge in [0.05, 0.1) is 17.3 Å². The number of benzene rings is 3. The number of hydrogen-bond donors (Lipinski definition) is 0. The lowest BCUT2D eigenvalue weighted by molar-refractivity contribution is 0.615. The molecule has 0 saturated carbocycles. The summed E-state index contributed by atoms with van der Waals surface area (Å²) in [5.74, 6) is -0.299. The molecule has 0 amide bonds. The first-order chi connectivity index (χ1) is 14.0. The molecule has 142 valence electrons. The van der Waals surface area contributed by atoms with Gasteiger partial charge in [-0.3, -0.25) is 0 Å². The van der Waals surface area contributed by atoms with Crippen molar-refractivity contribution in [1.82, 2.24) is 4.57 Å². The van der Waals surface area contributed by atoms with Crippen molar-refractivity contribution in [3.8, 4) is 11.8 Å². The quantitative estimate of drug-likeness (QED) is 0.306. The minimum absolute atomic E-state index is 0.299. The molecular weight excluding hydrogens is 427 g/mol. The Kier molecular flexibility index (Phi) is 5.08. The molecule has 0 radical (unpaired) electrons. The predicted octanol–water partition coefficient (Wildman–Crippen LogP) is 7.21. The fourth-order valence-electron chi connectivity index (χ4n) is 3.66. The van der Waals surface area contributed by atoms with Crippen LogP contribution in [0.1, 0.15) is 22.5 Å². The lowest BCUT2D eigenvalue weighted by atomic mass is 10.0. The molecule has 0 saturated heterocycles. The minimum Gasteiger partial charge on any atom is -0.315 e. The molecule has 0 spiro atoms. The summed E-state index contributed by atoms with van der Waals surface area (Å²) in [7, 11) is 0. The van der Waals surface area contributed by atoms with E-state index in [1.165, 1.54) is 6.07 Å². The first-order valence-corrected chi connectivity index (χ1v) is 10.0. The number of nitrogens with zero attached hydrogens (tertiary/aromatic N) is 2. The van der Waals surface area contributed by atoms with E-state index < -0.39 is 0 Å². The third kappa shape index (κ3) is 3.62. The van der Waals surface area contributed by atoms with Gasteiger partial charge in [0.25, 0.3) is 0 Å². The van der Waals surface area contributed by atoms with Gasteiger partial charge in [0.2, 0.25) is 0 Å². The average molecular weight is 445 g/mol. The molecule has 4 rings (SSSR count). The summed E-state index contributed by atoms with van der Waals surface area (Å²) in [6, 6.07) is 23.4. The monoisotopic (exact) mass is 444 g/mol. The van der Waals surface area contributed by atoms with E-state index in [0.29, 0.717) is 15.7 Å². The Hall–Kier alpha value is -3.16. The van der Waals surface area contributed by atoms with E-state index in [2.05, 4.69) is 28.1 Å². The number of nitriles is 1. The molecule has 0 bridgehead atoms. The zero-order valence-electron chi connectivity index (χ0n) is 16.1. The Morgan fingerprint density at radius 2 is 1.76 bits per heavy atom. The van der Waals surface area contributed by atoms with Crippen molar-refractivity contribution in [3.05, 3.63) is 99.5 Å². The van der Waals surface area contributed by atoms with E-state index in [0.717, 1.165) is 33.3 Å². The van der Waals surface area contributed by atoms with Gasteiger partial charge in [-0.2, -0.15) is 5.26 Å². The van der Waals surface area contributed by atoms with Crippen molar-refractivity contribution in [2.75, 3.05) is 0 Å². The maximum Gasteiger partial charge on any atom is 0.148 e. The van der Waals surface area contributed by atoms with Crippen LogP contribution in [-0.2, 0) is 0 Å². The van der Waals surface area contributed by atoms with Crippen LogP contribution >= 0.6 is 15.9 Å². The smallest absolute Gasteiger partial charge is 0.148 e. The number of fused-ring (bicyclic) bond motifs is 1. The summed E-state index contributed by atoms with van der Waals surface area (Å²) in [4.78, 5) is 0. The van der Waals surface area contributed by atoms with Crippen LogP contribution in [0.5, 0.6) is 0 Å². The summed E-state index contributed by atoms with van der Waals surface area (Å²) in [5.41, 5.74) is 4.63. The van der Waals surface area contributed by atoms with Gasteiger partial charge in [-0.1, -0.05) is 52.3 Å². The molecule has 3 aromatic carbocycles. The third-order valence-corrected chi connectivity index (χ3v) is 5.59. The zero-order chi connectivity index (χ0) is 20.5. The van der Waals surface area contributed by atoms with Gasteiger partial charge < -0.3 is 4.57 Å². The molecule has 29 heavy (non-hydrogen) atoms. The highest BCUT2D eigenvalue weighted by atomic mass is 79.9. The summed E-state index contributed by atoms with van der Waals surface area (Å²) >= 11 is 3.30. The SMILES string of the molecule is Cc1cc(/C=C(/C#N)c2ccc3ccccc3c2)c(C)n1-c1ccc(Br)cc1F. The lowest BCUT2D eigenvalue weighted by Gasteiger charge is -2.11. The van der Waals surface area contributed by atoms with Gasteiger partial charge in [-0.15, -0.1) is 0 Å². The van der Waals surface area contributed by atoms with E-state index in [1.807, 2.05) is 73.0 Å². The van der Waals surface area contributed by atoms with E-state index in [1.54, 1.807) is 6.07 Å². The Labute approximate surface area is 177 Å². The van der Waals surface area contributed by atoms with Crippen LogP contribution in [0, 0.1) is 31.0 Å². The topological polar surface area (TPSA) is 28.7 Å². The fraction of sp³-hybridized carbons (Fsp3) is 0.0800. The molecule has 0 unspecified atom stereocenters. The normalized spacial score (nSPS) is 11.6. The summed E-state index contributed by atoms with van der Waals surface area (Å²) in [5, 5.41) is 12.0. The number of rotatable bonds is 3. The molecule has 1 heterocycles. The Morgan fingerprint density at radius 1 is 1.00 bits per heavy atom. The molecule has 4 heteroatoms. The molecule has 1 aromatic heterocycles. The van der Waals surface area contributed by atoms with Crippen molar-refractivity contribution >= 4 is 38.4 Å². The number of halogens is 2. The highest BCUT2D eigenvalue weighted by Crippen LogP contribution is 2.28. The second-order valence-corrected chi connectivity index (χ2v) is 7.91. The van der Waals surface area contributed by atoms with Crippen molar-refractivity contribution in [2.45, 2.75) is 13.8 Å². The number of aromatic nitrogens is 1. The fourth-order valence-corrected chi connectivity index (χ4v) is 3.99. The Bertz CT molecular complexity index is 1310. The van der Waals surface area contributed by atoms with Crippen LogP contribution in [0.15, 0.2) is 71.2 Å². The van der Waals surface area contributed by atoms with E-state index in [9.17, 15) is 9.65 Å². The summed E-state index contributed by atoms with van der Waals surface area (Å²) < 4.78 is 17.1. The Morgan fingerprint density at radius 3 is 2.48 bits per heavy atom. The number of aryl methyl sites for hydroxylation is 1. The van der Waals surface area contributed by atoms with Gasteiger partial charge in [0, 0.05) is 15.9 Å². The summed E-state index contributed by atoms with van der Waals surface area (Å²) in [6.07, 6.45) is 1.87. The molecule has 0 N–H and O–H groups in total. The largest absolute Gasteiger partial charge is 0.315 e. The van der Waals surface area contributed by atoms with E-state index in [-0.39, 0.29) is 5.82 Å². The van der Waals surface area contributed by atoms with Crippen LogP contribution in [-0.4, -0.2) is 4.57 Å². The second kappa shape index (κ2) is 7.69. The van der Waals surface area contributed by atoms with Gasteiger partial charge >= 0.3 is 0 Å². The molecule has 0 aliphatic heterocycles. The van der Waals surface area contributed by atoms with E-state index >= 15 is 0 Å². The van der Waals surface area contributed by atoms with Crippen molar-refractivity contribution < 1.29 is 4.39 Å². The first-order valence-electron chi connectivity index (χ1n) is 9.23. The third-order valence-electron chi connectivity index (χ3n) is 5.10. The second-order valence-electron chi connectivity index (χ2n) is 6.99. The molecule has 2 nitrogen and oxygen atoms in total. The Balaban J connectivity index is 1.81. The lowest BCUT2D eigenvalue weighted by Crippen LogP contribution is -2.02. The van der Waals surface area contributed by atoms with Crippen LogP contribution in [0.4, 0.5) is 4.39 Å². The predicted molar refractivity (Wildman–Crippen MR) is 120 cm³/mol. The summed E-state index contributed by atoms with van der Waals surface area (Å²) in [6.45, 7) is 3.88. The van der Waals surface area contributed by atoms with Gasteiger partial charge in [0.15, 0.2) is 0 Å². The first kappa shape index (κ1) is 19.2. The number of hydrogen-bond acceptors (Lipinski definition) is 1. The molecule has 0 fully saturated rings. The van der Waals surface area contributed by atoms with Gasteiger partial charge in [-0.05, 0) is 72.2 Å². The standard InChI is InChI=1S/C25H18BrFN2/c1-16-11-21(17(2)29(16)25-10-9-23(26)14-24(25)27)13-22(15-28)20-8-7-18-5-3-4-6-19(18)12-20/h3-14H,1-2H3/b22-13-. The van der Waals surface area contributed by atoms with E-state index in [4.69, 9.17) is 0 Å². The number of allylic oxidation sites excluding steroid dienone is 1. The maximum atomic E-state index is 14.5. The highest BCUT2D eigenvalue weighted by Gasteiger charge is 2.14. The maximum absolute atomic E-state index is 14.5. The minimum atomic E-state index is -0.299. The molecule has 0 atom stereocenters. The molecule has 0 aliphatic rings. The van der Waals surface area contributed by atoms with Crippen LogP contribution in [0.25, 0.3) is 28.1 Å². The van der Waals surface area contributed by atoms with Gasteiger partial charge in [0.1, 0.15) is 5.82 Å². The molecular formula is C25H18BrFN2. The van der Waals surface area contributed by atoms with Crippen LogP contribution in [0.2, 0.25) is 0 Å². The van der Waals surface area contributed by atoms with Gasteiger partial charge in [-0.25, -0.2) is 4.39 Å². The molecule has 0 aliphatic carbocycles. The van der Waals surface area contributed by atoms with Crippen molar-refractivity contribution in [2.24, 2.45) is 0 Å². The zero-order valence-corrected chi connectivity index (χ0v) is 17.7. The molecule has 4 aromatic rings.